The number of carbonyl (C=O) groups excluding carboxylic acids is 2. The summed E-state index contributed by atoms with van der Waals surface area (Å²) in [6.07, 6.45) is 2.69. The lowest BCUT2D eigenvalue weighted by Crippen LogP contribution is -2.52. The summed E-state index contributed by atoms with van der Waals surface area (Å²) in [6.45, 7) is 6.68. The molecule has 2 rings (SSSR count). The quantitative estimate of drug-likeness (QED) is 0.651. The Labute approximate surface area is 102 Å². The number of ether oxygens (including phenoxy) is 1. The molecule has 96 valence electrons. The van der Waals surface area contributed by atoms with Crippen molar-refractivity contribution in [2.24, 2.45) is 11.8 Å². The van der Waals surface area contributed by atoms with Gasteiger partial charge in [0, 0.05) is 24.9 Å². The van der Waals surface area contributed by atoms with Gasteiger partial charge in [0.05, 0.1) is 0 Å². The van der Waals surface area contributed by atoms with E-state index < -0.39 is 5.60 Å². The second kappa shape index (κ2) is 4.31. The van der Waals surface area contributed by atoms with Crippen molar-refractivity contribution in [2.75, 3.05) is 13.1 Å². The molecule has 2 aliphatic rings. The van der Waals surface area contributed by atoms with E-state index in [0.29, 0.717) is 18.9 Å². The van der Waals surface area contributed by atoms with Gasteiger partial charge in [-0.3, -0.25) is 4.79 Å². The van der Waals surface area contributed by atoms with Crippen LogP contribution in [0.2, 0.25) is 0 Å². The van der Waals surface area contributed by atoms with E-state index in [2.05, 4.69) is 0 Å². The molecule has 0 N–H and O–H groups in total. The third kappa shape index (κ3) is 2.79. The van der Waals surface area contributed by atoms with Gasteiger partial charge in [0.2, 0.25) is 0 Å². The summed E-state index contributed by atoms with van der Waals surface area (Å²) in [5.41, 5.74) is -0.465. The van der Waals surface area contributed by atoms with Crippen molar-refractivity contribution in [1.29, 1.82) is 0 Å². The zero-order valence-electron chi connectivity index (χ0n) is 10.9. The molecule has 4 nitrogen and oxygen atoms in total. The first-order valence-corrected chi connectivity index (χ1v) is 6.38. The number of piperidine rings is 1. The molecule has 0 aromatic rings. The molecule has 1 amide bonds. The molecule has 0 aromatic carbocycles. The number of rotatable bonds is 0. The Morgan fingerprint density at radius 3 is 2.24 bits per heavy atom. The molecule has 17 heavy (non-hydrogen) atoms. The van der Waals surface area contributed by atoms with Gasteiger partial charge in [0.1, 0.15) is 11.4 Å². The molecule has 1 aliphatic heterocycles. The van der Waals surface area contributed by atoms with Crippen LogP contribution in [0.1, 0.15) is 40.0 Å². The number of Topliss-reactive ketones (excluding diaryl/α,β-unsaturated/α-hetero) is 1. The Morgan fingerprint density at radius 1 is 1.24 bits per heavy atom. The Kier molecular flexibility index (Phi) is 3.15. The van der Waals surface area contributed by atoms with Gasteiger partial charge in [-0.2, -0.15) is 0 Å². The lowest BCUT2D eigenvalue weighted by molar-refractivity contribution is -0.133. The minimum atomic E-state index is -0.465. The highest BCUT2D eigenvalue weighted by molar-refractivity contribution is 5.86. The predicted molar refractivity (Wildman–Crippen MR) is 63.6 cm³/mol. The van der Waals surface area contributed by atoms with Gasteiger partial charge in [0.15, 0.2) is 0 Å². The Hall–Kier alpha value is -1.06. The fourth-order valence-corrected chi connectivity index (χ4v) is 2.67. The summed E-state index contributed by atoms with van der Waals surface area (Å²) in [5.74, 6) is 0.459. The third-order valence-corrected chi connectivity index (χ3v) is 3.44. The molecule has 2 fully saturated rings. The molecule has 4 heteroatoms. The van der Waals surface area contributed by atoms with E-state index in [-0.39, 0.29) is 17.9 Å². The number of ketones is 1. The van der Waals surface area contributed by atoms with Gasteiger partial charge in [-0.1, -0.05) is 6.42 Å². The molecule has 1 heterocycles. The van der Waals surface area contributed by atoms with Crippen LogP contribution in [0.15, 0.2) is 0 Å². The molecule has 2 atom stereocenters. The standard InChI is InChI=1S/C13H21NO3/c1-13(2,3)17-12(16)14-7-9-5-4-6-10(8-14)11(9)15/h9-10H,4-8H2,1-3H3/t9-,10-/m1/s1. The molecule has 1 saturated heterocycles. The second-order valence-corrected chi connectivity index (χ2v) is 6.11. The van der Waals surface area contributed by atoms with Crippen molar-refractivity contribution >= 4 is 11.9 Å². The predicted octanol–water partition coefficient (Wildman–Crippen LogP) is 2.22. The van der Waals surface area contributed by atoms with Crippen molar-refractivity contribution < 1.29 is 14.3 Å². The van der Waals surface area contributed by atoms with Gasteiger partial charge in [-0.25, -0.2) is 4.79 Å². The van der Waals surface area contributed by atoms with Crippen LogP contribution < -0.4 is 0 Å². The summed E-state index contributed by atoms with van der Waals surface area (Å²) in [5, 5.41) is 0. The molecule has 0 spiro atoms. The monoisotopic (exact) mass is 239 g/mol. The first-order chi connectivity index (χ1) is 7.87. The van der Waals surface area contributed by atoms with E-state index >= 15 is 0 Å². The molecule has 1 saturated carbocycles. The second-order valence-electron chi connectivity index (χ2n) is 6.11. The fourth-order valence-electron chi connectivity index (χ4n) is 2.67. The number of amides is 1. The summed E-state index contributed by atoms with van der Waals surface area (Å²) < 4.78 is 5.35. The Morgan fingerprint density at radius 2 is 1.76 bits per heavy atom. The summed E-state index contributed by atoms with van der Waals surface area (Å²) in [4.78, 5) is 25.5. The number of likely N-dealkylation sites (tertiary alicyclic amines) is 1. The SMILES string of the molecule is CC(C)(C)OC(=O)N1C[C@H]2CCC[C@H](C1)C2=O. The van der Waals surface area contributed by atoms with E-state index in [1.165, 1.54) is 0 Å². The Bertz CT molecular complexity index is 316. The van der Waals surface area contributed by atoms with E-state index in [4.69, 9.17) is 4.74 Å². The highest BCUT2D eigenvalue weighted by atomic mass is 16.6. The largest absolute Gasteiger partial charge is 0.444 e. The van der Waals surface area contributed by atoms with E-state index in [9.17, 15) is 9.59 Å². The number of fused-ring (bicyclic) bond motifs is 2. The minimum Gasteiger partial charge on any atom is -0.444 e. The van der Waals surface area contributed by atoms with Crippen LogP contribution in [0.25, 0.3) is 0 Å². The maximum Gasteiger partial charge on any atom is 0.410 e. The maximum absolute atomic E-state index is 11.9. The fraction of sp³-hybridized carbons (Fsp3) is 0.846. The van der Waals surface area contributed by atoms with Gasteiger partial charge in [0.25, 0.3) is 0 Å². The maximum atomic E-state index is 11.9. The minimum absolute atomic E-state index is 0.0509. The molecule has 0 unspecified atom stereocenters. The molecule has 2 bridgehead atoms. The lowest BCUT2D eigenvalue weighted by Gasteiger charge is -2.40. The topological polar surface area (TPSA) is 46.6 Å². The van der Waals surface area contributed by atoms with E-state index in [1.807, 2.05) is 20.8 Å². The Balaban J connectivity index is 2.00. The molecule has 0 aromatic heterocycles. The van der Waals surface area contributed by atoms with Crippen LogP contribution in [-0.2, 0) is 9.53 Å². The lowest BCUT2D eigenvalue weighted by atomic mass is 9.77. The average Bonchev–Trinajstić information content (AvgIpc) is 2.13. The highest BCUT2D eigenvalue weighted by Crippen LogP contribution is 2.32. The van der Waals surface area contributed by atoms with Crippen molar-refractivity contribution in [2.45, 2.75) is 45.6 Å². The van der Waals surface area contributed by atoms with Crippen LogP contribution in [0, 0.1) is 11.8 Å². The van der Waals surface area contributed by atoms with Crippen molar-refractivity contribution in [3.63, 3.8) is 0 Å². The van der Waals surface area contributed by atoms with Crippen LogP contribution in [0.5, 0.6) is 0 Å². The third-order valence-electron chi connectivity index (χ3n) is 3.44. The highest BCUT2D eigenvalue weighted by Gasteiger charge is 2.40. The van der Waals surface area contributed by atoms with E-state index in [0.717, 1.165) is 19.3 Å². The summed E-state index contributed by atoms with van der Waals surface area (Å²) >= 11 is 0. The number of hydrogen-bond donors (Lipinski definition) is 0. The smallest absolute Gasteiger partial charge is 0.410 e. The van der Waals surface area contributed by atoms with Crippen LogP contribution in [0.4, 0.5) is 4.79 Å². The number of nitrogens with zero attached hydrogens (tertiary/aromatic N) is 1. The number of carbonyl (C=O) groups is 2. The zero-order valence-corrected chi connectivity index (χ0v) is 10.9. The molecular formula is C13H21NO3. The molecule has 0 radical (unpaired) electrons. The number of hydrogen-bond acceptors (Lipinski definition) is 3. The normalized spacial score (nSPS) is 29.1. The van der Waals surface area contributed by atoms with Crippen molar-refractivity contribution in [1.82, 2.24) is 4.90 Å². The molecular weight excluding hydrogens is 218 g/mol. The summed E-state index contributed by atoms with van der Waals surface area (Å²) in [7, 11) is 0. The zero-order chi connectivity index (χ0) is 12.6. The van der Waals surface area contributed by atoms with Crippen LogP contribution in [-0.4, -0.2) is 35.5 Å². The first-order valence-electron chi connectivity index (χ1n) is 6.38. The van der Waals surface area contributed by atoms with Gasteiger partial charge in [-0.15, -0.1) is 0 Å². The first kappa shape index (κ1) is 12.4. The molecule has 1 aliphatic carbocycles. The van der Waals surface area contributed by atoms with E-state index in [1.54, 1.807) is 4.90 Å². The average molecular weight is 239 g/mol. The van der Waals surface area contributed by atoms with Gasteiger partial charge >= 0.3 is 6.09 Å². The van der Waals surface area contributed by atoms with Crippen LogP contribution >= 0.6 is 0 Å². The summed E-state index contributed by atoms with van der Waals surface area (Å²) in [6, 6.07) is 0. The van der Waals surface area contributed by atoms with Gasteiger partial charge in [-0.05, 0) is 33.6 Å². The van der Waals surface area contributed by atoms with Crippen molar-refractivity contribution in [3.05, 3.63) is 0 Å². The van der Waals surface area contributed by atoms with Crippen molar-refractivity contribution in [3.8, 4) is 0 Å². The van der Waals surface area contributed by atoms with Crippen LogP contribution in [0.3, 0.4) is 0 Å². The van der Waals surface area contributed by atoms with Gasteiger partial charge < -0.3 is 9.64 Å².